The zero-order valence-electron chi connectivity index (χ0n) is 8.23. The van der Waals surface area contributed by atoms with Crippen LogP contribution in [0, 0.1) is 0 Å². The summed E-state index contributed by atoms with van der Waals surface area (Å²) in [5.41, 5.74) is 0.790. The molecule has 0 aliphatic rings. The lowest BCUT2D eigenvalue weighted by atomic mass is 10.1. The molecule has 0 radical (unpaired) electrons. The van der Waals surface area contributed by atoms with Crippen molar-refractivity contribution >= 4 is 18.2 Å². The molecule has 0 aliphatic carbocycles. The molecule has 0 spiro atoms. The molecule has 14 heavy (non-hydrogen) atoms. The smallest absolute Gasteiger partial charge is 0.162 e. The fourth-order valence-corrected chi connectivity index (χ4v) is 1.15. The van der Waals surface area contributed by atoms with Crippen molar-refractivity contribution in [3.8, 4) is 0 Å². The maximum atomic E-state index is 11.5. The summed E-state index contributed by atoms with van der Waals surface area (Å²) in [5.74, 6) is 0.192. The van der Waals surface area contributed by atoms with Crippen molar-refractivity contribution in [3.63, 3.8) is 0 Å². The summed E-state index contributed by atoms with van der Waals surface area (Å²) in [4.78, 5) is 11.5. The summed E-state index contributed by atoms with van der Waals surface area (Å²) >= 11 is 0. The van der Waals surface area contributed by atoms with Gasteiger partial charge in [-0.2, -0.15) is 0 Å². The number of carbonyl (C=O) groups is 1. The molecule has 0 heterocycles. The first kappa shape index (κ1) is 13.1. The van der Waals surface area contributed by atoms with E-state index in [1.807, 2.05) is 30.3 Å². The Morgan fingerprint density at radius 1 is 1.29 bits per heavy atom. The number of hydrogen-bond acceptors (Lipinski definition) is 2. The molecule has 0 saturated carbocycles. The van der Waals surface area contributed by atoms with Gasteiger partial charge in [-0.3, -0.25) is 4.79 Å². The molecule has 0 amide bonds. The number of methoxy groups -OCH3 is 1. The number of ketones is 1. The summed E-state index contributed by atoms with van der Waals surface area (Å²) in [6, 6.07) is 9.35. The highest BCUT2D eigenvalue weighted by atomic mass is 35.5. The fourth-order valence-electron chi connectivity index (χ4n) is 1.15. The van der Waals surface area contributed by atoms with Crippen LogP contribution in [0.3, 0.4) is 0 Å². The van der Waals surface area contributed by atoms with Crippen LogP contribution in [0.4, 0.5) is 0 Å². The average molecular weight is 215 g/mol. The molecule has 78 valence electrons. The second kappa shape index (κ2) is 7.54. The SMILES string of the molecule is COCCCC(=O)c1ccccc1.Cl. The van der Waals surface area contributed by atoms with Crippen molar-refractivity contribution in [1.29, 1.82) is 0 Å². The molecular weight excluding hydrogens is 200 g/mol. The Bertz CT molecular complexity index is 259. The van der Waals surface area contributed by atoms with E-state index in [2.05, 4.69) is 0 Å². The Hall–Kier alpha value is -0.860. The molecule has 2 nitrogen and oxygen atoms in total. The van der Waals surface area contributed by atoms with Crippen LogP contribution in [-0.4, -0.2) is 19.5 Å². The minimum atomic E-state index is 0. The van der Waals surface area contributed by atoms with Crippen LogP contribution in [0.15, 0.2) is 30.3 Å². The standard InChI is InChI=1S/C11H14O2.ClH/c1-13-9-5-8-11(12)10-6-3-2-4-7-10;/h2-4,6-7H,5,8-9H2,1H3;1H. The number of rotatable bonds is 5. The van der Waals surface area contributed by atoms with Crippen molar-refractivity contribution in [2.45, 2.75) is 12.8 Å². The summed E-state index contributed by atoms with van der Waals surface area (Å²) in [5, 5.41) is 0. The van der Waals surface area contributed by atoms with Crippen LogP contribution in [0.1, 0.15) is 23.2 Å². The first-order chi connectivity index (χ1) is 6.34. The van der Waals surface area contributed by atoms with Crippen LogP contribution in [0.5, 0.6) is 0 Å². The topological polar surface area (TPSA) is 26.3 Å². The average Bonchev–Trinajstić information content (AvgIpc) is 2.19. The van der Waals surface area contributed by atoms with E-state index < -0.39 is 0 Å². The lowest BCUT2D eigenvalue weighted by Gasteiger charge is -1.99. The summed E-state index contributed by atoms with van der Waals surface area (Å²) in [6.45, 7) is 0.651. The second-order valence-corrected chi connectivity index (χ2v) is 2.89. The van der Waals surface area contributed by atoms with E-state index in [4.69, 9.17) is 4.74 Å². The zero-order valence-corrected chi connectivity index (χ0v) is 9.05. The Kier molecular flexibility index (Phi) is 7.07. The first-order valence-electron chi connectivity index (χ1n) is 4.42. The molecule has 1 rings (SSSR count). The minimum Gasteiger partial charge on any atom is -0.385 e. The van der Waals surface area contributed by atoms with E-state index in [-0.39, 0.29) is 18.2 Å². The predicted octanol–water partition coefficient (Wildman–Crippen LogP) is 2.72. The second-order valence-electron chi connectivity index (χ2n) is 2.89. The molecule has 0 saturated heterocycles. The van der Waals surface area contributed by atoms with Gasteiger partial charge in [0, 0.05) is 25.7 Å². The Labute approximate surface area is 90.7 Å². The Morgan fingerprint density at radius 3 is 2.50 bits per heavy atom. The van der Waals surface area contributed by atoms with Gasteiger partial charge in [-0.1, -0.05) is 30.3 Å². The quantitative estimate of drug-likeness (QED) is 0.557. The van der Waals surface area contributed by atoms with Crippen molar-refractivity contribution in [2.75, 3.05) is 13.7 Å². The van der Waals surface area contributed by atoms with Gasteiger partial charge in [0.25, 0.3) is 0 Å². The number of halogens is 1. The van der Waals surface area contributed by atoms with Gasteiger partial charge in [0.1, 0.15) is 0 Å². The lowest BCUT2D eigenvalue weighted by Crippen LogP contribution is -2.00. The van der Waals surface area contributed by atoms with Gasteiger partial charge in [-0.05, 0) is 6.42 Å². The van der Waals surface area contributed by atoms with E-state index in [0.717, 1.165) is 12.0 Å². The molecule has 0 aliphatic heterocycles. The third-order valence-electron chi connectivity index (χ3n) is 1.85. The molecular formula is C11H15ClO2. The summed E-state index contributed by atoms with van der Waals surface area (Å²) in [7, 11) is 1.65. The summed E-state index contributed by atoms with van der Waals surface area (Å²) < 4.78 is 4.88. The Morgan fingerprint density at radius 2 is 1.93 bits per heavy atom. The van der Waals surface area contributed by atoms with Crippen LogP contribution in [0.2, 0.25) is 0 Å². The predicted molar refractivity (Wildman–Crippen MR) is 59.1 cm³/mol. The molecule has 0 aromatic heterocycles. The number of Topliss-reactive ketones (excluding diaryl/α,β-unsaturated/α-hetero) is 1. The van der Waals surface area contributed by atoms with E-state index in [0.29, 0.717) is 13.0 Å². The van der Waals surface area contributed by atoms with Crippen LogP contribution in [-0.2, 0) is 4.74 Å². The molecule has 0 atom stereocenters. The van der Waals surface area contributed by atoms with Crippen LogP contribution in [0.25, 0.3) is 0 Å². The van der Waals surface area contributed by atoms with Gasteiger partial charge in [0.05, 0.1) is 0 Å². The number of ether oxygens (including phenoxy) is 1. The van der Waals surface area contributed by atoms with Gasteiger partial charge in [0.15, 0.2) is 5.78 Å². The van der Waals surface area contributed by atoms with Gasteiger partial charge in [-0.25, -0.2) is 0 Å². The highest BCUT2D eigenvalue weighted by molar-refractivity contribution is 5.95. The number of benzene rings is 1. The van der Waals surface area contributed by atoms with E-state index in [1.54, 1.807) is 7.11 Å². The highest BCUT2D eigenvalue weighted by Gasteiger charge is 2.03. The van der Waals surface area contributed by atoms with Gasteiger partial charge >= 0.3 is 0 Å². The molecule has 0 bridgehead atoms. The molecule has 3 heteroatoms. The van der Waals surface area contributed by atoms with Gasteiger partial charge in [-0.15, -0.1) is 12.4 Å². The largest absolute Gasteiger partial charge is 0.385 e. The van der Waals surface area contributed by atoms with E-state index >= 15 is 0 Å². The molecule has 0 N–H and O–H groups in total. The Balaban J connectivity index is 0.00000169. The van der Waals surface area contributed by atoms with Crippen molar-refractivity contribution in [2.24, 2.45) is 0 Å². The fraction of sp³-hybridized carbons (Fsp3) is 0.364. The van der Waals surface area contributed by atoms with Gasteiger partial charge < -0.3 is 4.74 Å². The zero-order chi connectivity index (χ0) is 9.52. The molecule has 0 unspecified atom stereocenters. The third-order valence-corrected chi connectivity index (χ3v) is 1.85. The van der Waals surface area contributed by atoms with Crippen molar-refractivity contribution < 1.29 is 9.53 Å². The summed E-state index contributed by atoms with van der Waals surface area (Å²) in [6.07, 6.45) is 1.36. The van der Waals surface area contributed by atoms with E-state index in [1.165, 1.54) is 0 Å². The maximum Gasteiger partial charge on any atom is 0.162 e. The van der Waals surface area contributed by atoms with Crippen LogP contribution < -0.4 is 0 Å². The number of hydrogen-bond donors (Lipinski definition) is 0. The lowest BCUT2D eigenvalue weighted by molar-refractivity contribution is 0.0963. The van der Waals surface area contributed by atoms with Crippen molar-refractivity contribution in [3.05, 3.63) is 35.9 Å². The highest BCUT2D eigenvalue weighted by Crippen LogP contribution is 2.04. The molecule has 1 aromatic carbocycles. The molecule has 1 aromatic rings. The van der Waals surface area contributed by atoms with Crippen molar-refractivity contribution in [1.82, 2.24) is 0 Å². The van der Waals surface area contributed by atoms with Gasteiger partial charge in [0.2, 0.25) is 0 Å². The van der Waals surface area contributed by atoms with Crippen LogP contribution >= 0.6 is 12.4 Å². The number of carbonyl (C=O) groups excluding carboxylic acids is 1. The van der Waals surface area contributed by atoms with E-state index in [9.17, 15) is 4.79 Å². The maximum absolute atomic E-state index is 11.5. The third kappa shape index (κ3) is 4.40. The monoisotopic (exact) mass is 214 g/mol. The first-order valence-corrected chi connectivity index (χ1v) is 4.42. The molecule has 0 fully saturated rings. The minimum absolute atomic E-state index is 0. The normalized spacial score (nSPS) is 9.21.